The molecular weight excluding hydrogens is 459 g/mol. The molecule has 0 atom stereocenters. The highest BCUT2D eigenvalue weighted by atomic mass is 19.2. The van der Waals surface area contributed by atoms with E-state index in [1.807, 2.05) is 0 Å². The van der Waals surface area contributed by atoms with Crippen LogP contribution in [0.1, 0.15) is 46.7 Å². The van der Waals surface area contributed by atoms with E-state index in [0.29, 0.717) is 29.4 Å². The summed E-state index contributed by atoms with van der Waals surface area (Å²) in [6.45, 7) is 6.26. The molecule has 9 nitrogen and oxygen atoms in total. The quantitative estimate of drug-likeness (QED) is 0.165. The molecule has 1 aromatic heterocycles. The second-order valence-corrected chi connectivity index (χ2v) is 7.73. The van der Waals surface area contributed by atoms with Crippen LogP contribution in [0, 0.1) is 13.8 Å². The van der Waals surface area contributed by atoms with Crippen molar-refractivity contribution in [2.75, 3.05) is 14.2 Å². The fraction of sp³-hybridized carbons (Fsp3) is 0.261. The minimum atomic E-state index is -3.00. The number of hydrogen-bond acceptors (Lipinski definition) is 6. The van der Waals surface area contributed by atoms with Gasteiger partial charge in [0.2, 0.25) is 0 Å². The number of ether oxygens (including phenoxy) is 2. The van der Waals surface area contributed by atoms with Crippen LogP contribution in [-0.2, 0) is 4.79 Å². The Morgan fingerprint density at radius 3 is 2.31 bits per heavy atom. The first-order valence-corrected chi connectivity index (χ1v) is 10.4. The van der Waals surface area contributed by atoms with Gasteiger partial charge >= 0.3 is 7.40 Å². The summed E-state index contributed by atoms with van der Waals surface area (Å²) in [4.78, 5) is 30.9. The summed E-state index contributed by atoms with van der Waals surface area (Å²) in [5.74, 6) is 0.348. The van der Waals surface area contributed by atoms with Gasteiger partial charge in [0, 0.05) is 50.0 Å². The van der Waals surface area contributed by atoms with Crippen molar-refractivity contribution in [3.8, 4) is 11.5 Å². The minimum absolute atomic E-state index is 0.0103. The van der Waals surface area contributed by atoms with Crippen LogP contribution in [0.4, 0.5) is 14.3 Å². The monoisotopic (exact) mass is 481 g/mol. The Bertz CT molecular complexity index is 1380. The number of halogens is 2. The summed E-state index contributed by atoms with van der Waals surface area (Å²) < 4.78 is 40.6. The second kappa shape index (κ2) is 9.98. The number of aromatic nitrogens is 1. The number of allylic oxidation sites excluding steroid dienone is 2. The Morgan fingerprint density at radius 1 is 1.14 bits per heavy atom. The number of carbonyl (C=O) groups excluding carboxylic acids is 2. The number of methoxy groups -OCH3 is 2. The first-order chi connectivity index (χ1) is 16.7. The average molecular weight is 481 g/mol. The highest BCUT2D eigenvalue weighted by molar-refractivity contribution is 6.42. The van der Waals surface area contributed by atoms with E-state index in [0.717, 1.165) is 4.48 Å². The van der Waals surface area contributed by atoms with E-state index in [9.17, 15) is 18.2 Å². The number of nitrogens with zero attached hydrogens (tertiary/aromatic N) is 5. The third-order valence-electron chi connectivity index (χ3n) is 5.98. The predicted molar refractivity (Wildman–Crippen MR) is 129 cm³/mol. The lowest BCUT2D eigenvalue weighted by atomic mass is 9.92. The Balaban J connectivity index is 2.66. The first kappa shape index (κ1) is 25.4. The molecule has 0 bridgehead atoms. The lowest BCUT2D eigenvalue weighted by Gasteiger charge is -2.20. The topological polar surface area (TPSA) is 119 Å². The highest BCUT2D eigenvalue weighted by Gasteiger charge is 2.34. The summed E-state index contributed by atoms with van der Waals surface area (Å²) in [5, 5.41) is 3.65. The van der Waals surface area contributed by atoms with E-state index < -0.39 is 7.40 Å². The molecule has 2 heterocycles. The average Bonchev–Trinajstić information content (AvgIpc) is 3.24. The van der Waals surface area contributed by atoms with Crippen molar-refractivity contribution < 1.29 is 27.7 Å². The first-order valence-electron chi connectivity index (χ1n) is 10.4. The van der Waals surface area contributed by atoms with E-state index in [1.54, 1.807) is 20.8 Å². The number of carbonyl (C=O) groups is 2. The van der Waals surface area contributed by atoms with E-state index in [-0.39, 0.29) is 56.5 Å². The van der Waals surface area contributed by atoms with Gasteiger partial charge < -0.3 is 14.0 Å². The Labute approximate surface area is 200 Å². The molecule has 0 saturated carbocycles. The smallest absolute Gasteiger partial charge is 0.493 e. The summed E-state index contributed by atoms with van der Waals surface area (Å²) in [6.07, 6.45) is 1.17. The van der Waals surface area contributed by atoms with Gasteiger partial charge in [-0.25, -0.2) is 0 Å². The van der Waals surface area contributed by atoms with Gasteiger partial charge in [-0.15, -0.1) is 0 Å². The van der Waals surface area contributed by atoms with Gasteiger partial charge in [-0.2, -0.15) is 0 Å². The Kier molecular flexibility index (Phi) is 7.26. The van der Waals surface area contributed by atoms with Gasteiger partial charge in [0.05, 0.1) is 19.9 Å². The molecule has 35 heavy (non-hydrogen) atoms. The van der Waals surface area contributed by atoms with Gasteiger partial charge in [-0.05, 0) is 56.5 Å². The van der Waals surface area contributed by atoms with E-state index in [1.165, 1.54) is 33.3 Å². The van der Waals surface area contributed by atoms with Crippen LogP contribution in [0.2, 0.25) is 0 Å². The van der Waals surface area contributed by atoms with Crippen LogP contribution in [0.3, 0.4) is 0 Å². The van der Waals surface area contributed by atoms with Gasteiger partial charge in [-0.3, -0.25) is 23.2 Å². The summed E-state index contributed by atoms with van der Waals surface area (Å²) in [7, 11) is -0.243. The molecule has 0 saturated heterocycles. The zero-order chi connectivity index (χ0) is 26.0. The van der Waals surface area contributed by atoms with Crippen molar-refractivity contribution in [2.24, 2.45) is 10.1 Å². The fourth-order valence-corrected chi connectivity index (χ4v) is 4.34. The third-order valence-corrected chi connectivity index (χ3v) is 5.98. The fourth-order valence-electron chi connectivity index (χ4n) is 4.34. The van der Waals surface area contributed by atoms with Crippen molar-refractivity contribution in [3.05, 3.63) is 67.5 Å². The minimum Gasteiger partial charge on any atom is -0.493 e. The van der Waals surface area contributed by atoms with Crippen molar-refractivity contribution in [1.82, 2.24) is 4.48 Å². The number of hydrogen-bond donors (Lipinski definition) is 0. The molecule has 1 aliphatic rings. The van der Waals surface area contributed by atoms with Crippen LogP contribution in [0.5, 0.6) is 11.5 Å². The molecule has 3 rings (SSSR count). The van der Waals surface area contributed by atoms with Crippen LogP contribution >= 0.6 is 0 Å². The molecule has 0 aliphatic carbocycles. The normalized spacial score (nSPS) is 14.3. The Hall–Kier alpha value is -4.18. The van der Waals surface area contributed by atoms with Crippen molar-refractivity contribution in [3.63, 3.8) is 0 Å². The van der Waals surface area contributed by atoms with Gasteiger partial charge in [0.25, 0.3) is 0 Å². The molecule has 1 aliphatic heterocycles. The number of rotatable bonds is 8. The van der Waals surface area contributed by atoms with Gasteiger partial charge in [0.15, 0.2) is 24.1 Å². The molecule has 12 heteroatoms. The highest BCUT2D eigenvalue weighted by Crippen LogP contribution is 2.46. The number of azide groups is 1. The third kappa shape index (κ3) is 4.12. The SMILES string of the molecule is COc1cc(N=[N+]=[N-])cc(/C(=C2/N=C(C)C(C=O)=C2C)c2c(C)c(C=O)c(C)n2B(F)F)c1OC. The molecule has 0 radical (unpaired) electrons. The second-order valence-electron chi connectivity index (χ2n) is 7.73. The maximum atomic E-state index is 14.4. The van der Waals surface area contributed by atoms with E-state index in [2.05, 4.69) is 15.0 Å². The summed E-state index contributed by atoms with van der Waals surface area (Å²) in [6, 6.07) is 2.90. The van der Waals surface area contributed by atoms with Crippen molar-refractivity contribution >= 4 is 36.9 Å². The lowest BCUT2D eigenvalue weighted by molar-refractivity contribution is -0.104. The zero-order valence-electron chi connectivity index (χ0n) is 20.0. The lowest BCUT2D eigenvalue weighted by Crippen LogP contribution is -2.19. The van der Waals surface area contributed by atoms with E-state index >= 15 is 0 Å². The molecule has 0 fully saturated rings. The van der Waals surface area contributed by atoms with Crippen LogP contribution in [0.15, 0.2) is 39.1 Å². The number of benzene rings is 1. The van der Waals surface area contributed by atoms with Crippen LogP contribution in [0.25, 0.3) is 16.0 Å². The van der Waals surface area contributed by atoms with Crippen LogP contribution in [-0.4, -0.2) is 44.4 Å². The zero-order valence-corrected chi connectivity index (χ0v) is 20.0. The van der Waals surface area contributed by atoms with Gasteiger partial charge in [0.1, 0.15) is 0 Å². The largest absolute Gasteiger partial charge is 0.677 e. The standard InChI is InChI=1S/C23H22BF2N5O4/c1-11-17(9-32)13(3)28-21(11)20(22-12(2)18(10-33)14(4)31(22)24(25)26)16-7-15(29-30-27)8-19(34-5)23(16)35-6/h7-10H,1-6H3/b21-20-. The molecule has 0 unspecified atom stereocenters. The predicted octanol–water partition coefficient (Wildman–Crippen LogP) is 5.40. The molecule has 180 valence electrons. The van der Waals surface area contributed by atoms with Gasteiger partial charge in [-0.1, -0.05) is 5.11 Å². The maximum absolute atomic E-state index is 14.4. The van der Waals surface area contributed by atoms with E-state index in [4.69, 9.17) is 15.0 Å². The molecular formula is C23H22BF2N5O4. The maximum Gasteiger partial charge on any atom is 0.677 e. The van der Waals surface area contributed by atoms with Crippen molar-refractivity contribution in [2.45, 2.75) is 27.7 Å². The molecule has 0 amide bonds. The molecule has 0 spiro atoms. The number of aldehydes is 2. The van der Waals surface area contributed by atoms with Crippen molar-refractivity contribution in [1.29, 1.82) is 0 Å². The number of aliphatic imine (C=N–C) groups is 1. The van der Waals surface area contributed by atoms with Crippen LogP contribution < -0.4 is 9.47 Å². The molecule has 2 aromatic rings. The molecule has 0 N–H and O–H groups in total. The summed E-state index contributed by atoms with van der Waals surface area (Å²) >= 11 is 0. The Morgan fingerprint density at radius 2 is 1.83 bits per heavy atom. The summed E-state index contributed by atoms with van der Waals surface area (Å²) in [5.41, 5.74) is 11.4. The molecule has 1 aromatic carbocycles.